The Hall–Kier alpha value is -3.01. The van der Waals surface area contributed by atoms with Gasteiger partial charge in [0.2, 0.25) is 5.82 Å². The molecule has 0 aliphatic carbocycles. The van der Waals surface area contributed by atoms with Gasteiger partial charge in [-0.1, -0.05) is 6.07 Å². The van der Waals surface area contributed by atoms with Crippen molar-refractivity contribution in [1.82, 2.24) is 9.97 Å². The molecule has 2 heterocycles. The Morgan fingerprint density at radius 2 is 2.15 bits per heavy atom. The average Bonchev–Trinajstić information content (AvgIpc) is 2.47. The molecule has 0 saturated heterocycles. The minimum absolute atomic E-state index is 0.00895. The molecule has 0 aliphatic heterocycles. The lowest BCUT2D eigenvalue weighted by Crippen LogP contribution is -2.10. The number of rotatable bonds is 5. The summed E-state index contributed by atoms with van der Waals surface area (Å²) in [5.74, 6) is 0.102. The highest BCUT2D eigenvalue weighted by atomic mass is 16.6. The molecule has 20 heavy (non-hydrogen) atoms. The van der Waals surface area contributed by atoms with Crippen LogP contribution in [0.2, 0.25) is 0 Å². The molecule has 0 aliphatic rings. The fourth-order valence-corrected chi connectivity index (χ4v) is 1.71. The summed E-state index contributed by atoms with van der Waals surface area (Å²) < 4.78 is 0. The number of hydrogen-bond donors (Lipinski definition) is 1. The zero-order chi connectivity index (χ0) is 14.4. The summed E-state index contributed by atoms with van der Waals surface area (Å²) in [6.07, 6.45) is 3.66. The Morgan fingerprint density at radius 3 is 2.80 bits per heavy atom. The Morgan fingerprint density at radius 1 is 1.30 bits per heavy atom. The van der Waals surface area contributed by atoms with E-state index in [-0.39, 0.29) is 17.1 Å². The van der Waals surface area contributed by atoms with E-state index < -0.39 is 4.92 Å². The lowest BCUT2D eigenvalue weighted by atomic mass is 10.2. The van der Waals surface area contributed by atoms with Crippen molar-refractivity contribution in [3.8, 4) is 6.07 Å². The average molecular weight is 269 g/mol. The number of hydrogen-bond acceptors (Lipinski definition) is 6. The molecule has 0 amide bonds. The lowest BCUT2D eigenvalue weighted by Gasteiger charge is -2.06. The maximum absolute atomic E-state index is 11.0. The van der Waals surface area contributed by atoms with Gasteiger partial charge < -0.3 is 5.32 Å². The van der Waals surface area contributed by atoms with E-state index in [0.29, 0.717) is 13.0 Å². The maximum Gasteiger partial charge on any atom is 0.328 e. The van der Waals surface area contributed by atoms with Gasteiger partial charge in [-0.2, -0.15) is 5.26 Å². The van der Waals surface area contributed by atoms with Crippen LogP contribution in [0, 0.1) is 21.4 Å². The van der Waals surface area contributed by atoms with Crippen LogP contribution in [0.15, 0.2) is 36.7 Å². The van der Waals surface area contributed by atoms with Crippen molar-refractivity contribution in [2.75, 3.05) is 11.9 Å². The smallest absolute Gasteiger partial charge is 0.328 e. The van der Waals surface area contributed by atoms with Gasteiger partial charge in [-0.3, -0.25) is 15.1 Å². The number of nitrogens with one attached hydrogen (secondary N) is 1. The van der Waals surface area contributed by atoms with Crippen LogP contribution in [0.25, 0.3) is 0 Å². The summed E-state index contributed by atoms with van der Waals surface area (Å²) in [5, 5.41) is 22.7. The van der Waals surface area contributed by atoms with E-state index >= 15 is 0 Å². The van der Waals surface area contributed by atoms with Gasteiger partial charge in [0.05, 0.1) is 4.92 Å². The summed E-state index contributed by atoms with van der Waals surface area (Å²) in [6, 6.07) is 8.68. The topological polar surface area (TPSA) is 105 Å². The third kappa shape index (κ3) is 3.05. The van der Waals surface area contributed by atoms with E-state index in [0.717, 1.165) is 5.69 Å². The van der Waals surface area contributed by atoms with E-state index in [1.54, 1.807) is 12.3 Å². The van der Waals surface area contributed by atoms with Gasteiger partial charge in [-0.15, -0.1) is 0 Å². The number of nitriles is 1. The zero-order valence-corrected chi connectivity index (χ0v) is 10.5. The van der Waals surface area contributed by atoms with Gasteiger partial charge in [0.15, 0.2) is 0 Å². The van der Waals surface area contributed by atoms with E-state index in [1.165, 1.54) is 12.3 Å². The third-order valence-corrected chi connectivity index (χ3v) is 2.63. The number of aromatic nitrogens is 2. The first-order valence-corrected chi connectivity index (χ1v) is 5.89. The first kappa shape index (κ1) is 13.4. The molecule has 0 fully saturated rings. The Kier molecular flexibility index (Phi) is 4.19. The highest BCUT2D eigenvalue weighted by Gasteiger charge is 2.20. The van der Waals surface area contributed by atoms with Crippen LogP contribution in [-0.4, -0.2) is 21.4 Å². The molecule has 2 aromatic heterocycles. The van der Waals surface area contributed by atoms with Crippen molar-refractivity contribution in [2.45, 2.75) is 6.42 Å². The van der Waals surface area contributed by atoms with Crippen molar-refractivity contribution >= 4 is 11.5 Å². The van der Waals surface area contributed by atoms with Crippen LogP contribution >= 0.6 is 0 Å². The SMILES string of the molecule is N#Cc1ccnc(NCCc2ccccn2)c1[N+](=O)[O-]. The molecule has 0 saturated carbocycles. The first-order valence-electron chi connectivity index (χ1n) is 5.89. The predicted molar refractivity (Wildman–Crippen MR) is 72.0 cm³/mol. The highest BCUT2D eigenvalue weighted by molar-refractivity contribution is 5.64. The van der Waals surface area contributed by atoms with E-state index in [4.69, 9.17) is 5.26 Å². The number of nitrogens with zero attached hydrogens (tertiary/aromatic N) is 4. The lowest BCUT2D eigenvalue weighted by molar-refractivity contribution is -0.384. The van der Waals surface area contributed by atoms with Gasteiger partial charge in [-0.25, -0.2) is 4.98 Å². The summed E-state index contributed by atoms with van der Waals surface area (Å²) in [4.78, 5) is 18.5. The van der Waals surface area contributed by atoms with Crippen LogP contribution in [0.3, 0.4) is 0 Å². The van der Waals surface area contributed by atoms with Crippen LogP contribution in [-0.2, 0) is 6.42 Å². The van der Waals surface area contributed by atoms with Crippen LogP contribution in [0.5, 0.6) is 0 Å². The monoisotopic (exact) mass is 269 g/mol. The molecule has 100 valence electrons. The fraction of sp³-hybridized carbons (Fsp3) is 0.154. The molecular formula is C13H11N5O2. The van der Waals surface area contributed by atoms with Gasteiger partial charge in [0.25, 0.3) is 0 Å². The van der Waals surface area contributed by atoms with Gasteiger partial charge in [0, 0.05) is 31.1 Å². The molecule has 0 atom stereocenters. The van der Waals surface area contributed by atoms with Crippen molar-refractivity contribution in [2.24, 2.45) is 0 Å². The summed E-state index contributed by atoms with van der Waals surface area (Å²) in [7, 11) is 0. The van der Waals surface area contributed by atoms with Crippen LogP contribution in [0.1, 0.15) is 11.3 Å². The second-order valence-electron chi connectivity index (χ2n) is 3.92. The molecule has 7 heteroatoms. The van der Waals surface area contributed by atoms with Gasteiger partial charge in [-0.05, 0) is 18.2 Å². The summed E-state index contributed by atoms with van der Waals surface area (Å²) in [5.41, 5.74) is 0.570. The van der Waals surface area contributed by atoms with Gasteiger partial charge in [0.1, 0.15) is 11.6 Å². The molecule has 0 spiro atoms. The Bertz CT molecular complexity index is 652. The van der Waals surface area contributed by atoms with Crippen molar-refractivity contribution in [1.29, 1.82) is 5.26 Å². The van der Waals surface area contributed by atoms with Crippen LogP contribution in [0.4, 0.5) is 11.5 Å². The number of pyridine rings is 2. The summed E-state index contributed by atoms with van der Waals surface area (Å²) >= 11 is 0. The van der Waals surface area contributed by atoms with Crippen molar-refractivity contribution in [3.63, 3.8) is 0 Å². The normalized spacial score (nSPS) is 9.75. The maximum atomic E-state index is 11.0. The molecule has 2 rings (SSSR count). The zero-order valence-electron chi connectivity index (χ0n) is 10.5. The molecule has 2 aromatic rings. The predicted octanol–water partition coefficient (Wildman–Crippen LogP) is 1.91. The number of nitro groups is 1. The van der Waals surface area contributed by atoms with E-state index in [1.807, 2.05) is 18.2 Å². The molecule has 1 N–H and O–H groups in total. The van der Waals surface area contributed by atoms with E-state index in [2.05, 4.69) is 15.3 Å². The molecule has 0 radical (unpaired) electrons. The standard InChI is InChI=1S/C13H11N5O2/c14-9-10-4-7-16-13(12(10)18(19)20)17-8-5-11-3-1-2-6-15-11/h1-4,6-7H,5,8H2,(H,16,17). The molecule has 0 bridgehead atoms. The summed E-state index contributed by atoms with van der Waals surface area (Å²) in [6.45, 7) is 0.444. The second-order valence-corrected chi connectivity index (χ2v) is 3.92. The van der Waals surface area contributed by atoms with Crippen molar-refractivity contribution < 1.29 is 4.92 Å². The molecule has 7 nitrogen and oxygen atoms in total. The fourth-order valence-electron chi connectivity index (χ4n) is 1.71. The molecular weight excluding hydrogens is 258 g/mol. The molecule has 0 unspecified atom stereocenters. The molecule has 0 aromatic carbocycles. The van der Waals surface area contributed by atoms with E-state index in [9.17, 15) is 10.1 Å². The quantitative estimate of drug-likeness (QED) is 0.656. The van der Waals surface area contributed by atoms with Gasteiger partial charge >= 0.3 is 5.69 Å². The first-order chi connectivity index (χ1) is 9.72. The minimum atomic E-state index is -0.603. The third-order valence-electron chi connectivity index (χ3n) is 2.63. The Balaban J connectivity index is 2.10. The largest absolute Gasteiger partial charge is 0.364 e. The highest BCUT2D eigenvalue weighted by Crippen LogP contribution is 2.25. The second kappa shape index (κ2) is 6.24. The minimum Gasteiger partial charge on any atom is -0.364 e. The van der Waals surface area contributed by atoms with Crippen molar-refractivity contribution in [3.05, 3.63) is 58.0 Å². The number of anilines is 1. The van der Waals surface area contributed by atoms with Crippen LogP contribution < -0.4 is 5.32 Å². The Labute approximate surface area is 115 Å².